The molecule has 120 valence electrons. The van der Waals surface area contributed by atoms with E-state index in [0.29, 0.717) is 17.2 Å². The summed E-state index contributed by atoms with van der Waals surface area (Å²) in [5, 5.41) is 6.77. The van der Waals surface area contributed by atoms with Crippen molar-refractivity contribution < 1.29 is 4.79 Å². The van der Waals surface area contributed by atoms with Gasteiger partial charge in [0.05, 0.1) is 6.04 Å². The fraction of sp³-hybridized carbons (Fsp3) is 0.611. The lowest BCUT2D eigenvalue weighted by molar-refractivity contribution is -0.124. The van der Waals surface area contributed by atoms with Crippen LogP contribution in [0.1, 0.15) is 43.7 Å². The maximum Gasteiger partial charge on any atom is 0.224 e. The minimum Gasteiger partial charge on any atom is -0.349 e. The minimum absolute atomic E-state index is 0. The molecule has 22 heavy (non-hydrogen) atoms. The van der Waals surface area contributed by atoms with Gasteiger partial charge in [-0.05, 0) is 62.1 Å². The molecule has 1 aliphatic heterocycles. The second-order valence-electron chi connectivity index (χ2n) is 7.10. The summed E-state index contributed by atoms with van der Waals surface area (Å²) in [6.45, 7) is 2.16. The number of carbonyl (C=O) groups is 1. The molecule has 1 aromatic carbocycles. The first-order chi connectivity index (χ1) is 10.3. The molecule has 1 spiro atoms. The minimum atomic E-state index is 0. The standard InChI is InChI=1S/C18H24N2O.ClH/c21-17(15-12-18(15)8-10-19-11-9-18)20-16(14-6-7-14)13-4-2-1-3-5-13;/h1-5,14-16,19H,6-12H2,(H,20,21);1H. The molecule has 1 amide bonds. The summed E-state index contributed by atoms with van der Waals surface area (Å²) in [6, 6.07) is 10.7. The van der Waals surface area contributed by atoms with Crippen LogP contribution in [-0.2, 0) is 4.79 Å². The Morgan fingerprint density at radius 2 is 1.86 bits per heavy atom. The molecule has 3 fully saturated rings. The quantitative estimate of drug-likeness (QED) is 0.895. The Kier molecular flexibility index (Phi) is 4.47. The van der Waals surface area contributed by atoms with E-state index in [2.05, 4.69) is 34.9 Å². The van der Waals surface area contributed by atoms with Gasteiger partial charge in [0.25, 0.3) is 0 Å². The third-order valence-electron chi connectivity index (χ3n) is 5.66. The van der Waals surface area contributed by atoms with Gasteiger partial charge in [-0.15, -0.1) is 12.4 Å². The van der Waals surface area contributed by atoms with Gasteiger partial charge in [0, 0.05) is 5.92 Å². The van der Waals surface area contributed by atoms with Crippen LogP contribution in [0, 0.1) is 17.3 Å². The highest BCUT2D eigenvalue weighted by Gasteiger charge is 2.58. The van der Waals surface area contributed by atoms with Crippen LogP contribution in [-0.4, -0.2) is 19.0 Å². The van der Waals surface area contributed by atoms with E-state index in [1.165, 1.54) is 31.2 Å². The lowest BCUT2D eigenvalue weighted by atomic mass is 9.91. The van der Waals surface area contributed by atoms with Gasteiger partial charge < -0.3 is 10.6 Å². The summed E-state index contributed by atoms with van der Waals surface area (Å²) in [4.78, 5) is 12.7. The molecule has 0 aromatic heterocycles. The van der Waals surface area contributed by atoms with Crippen molar-refractivity contribution >= 4 is 18.3 Å². The maximum absolute atomic E-state index is 12.7. The summed E-state index contributed by atoms with van der Waals surface area (Å²) in [5.74, 6) is 1.22. The van der Waals surface area contributed by atoms with E-state index in [-0.39, 0.29) is 24.4 Å². The Morgan fingerprint density at radius 3 is 2.50 bits per heavy atom. The van der Waals surface area contributed by atoms with Crippen molar-refractivity contribution in [2.24, 2.45) is 17.3 Å². The smallest absolute Gasteiger partial charge is 0.224 e. The van der Waals surface area contributed by atoms with E-state index < -0.39 is 0 Å². The van der Waals surface area contributed by atoms with Gasteiger partial charge in [0.2, 0.25) is 5.91 Å². The van der Waals surface area contributed by atoms with E-state index in [9.17, 15) is 4.79 Å². The zero-order valence-electron chi connectivity index (χ0n) is 12.9. The molecule has 2 aliphatic carbocycles. The number of amides is 1. The van der Waals surface area contributed by atoms with Gasteiger partial charge in [-0.2, -0.15) is 0 Å². The number of carbonyl (C=O) groups excluding carboxylic acids is 1. The molecule has 1 saturated heterocycles. The Bertz CT molecular complexity index is 523. The van der Waals surface area contributed by atoms with E-state index in [0.717, 1.165) is 19.5 Å². The highest BCUT2D eigenvalue weighted by molar-refractivity contribution is 5.85. The predicted molar refractivity (Wildman–Crippen MR) is 89.9 cm³/mol. The lowest BCUT2D eigenvalue weighted by Crippen LogP contribution is -2.35. The third-order valence-corrected chi connectivity index (χ3v) is 5.66. The fourth-order valence-corrected chi connectivity index (χ4v) is 4.01. The Labute approximate surface area is 138 Å². The van der Waals surface area contributed by atoms with Gasteiger partial charge in [-0.1, -0.05) is 30.3 Å². The second kappa shape index (κ2) is 6.21. The molecule has 2 saturated carbocycles. The molecule has 0 radical (unpaired) electrons. The molecule has 4 rings (SSSR count). The van der Waals surface area contributed by atoms with E-state index >= 15 is 0 Å². The van der Waals surface area contributed by atoms with Crippen LogP contribution < -0.4 is 10.6 Å². The van der Waals surface area contributed by atoms with Gasteiger partial charge >= 0.3 is 0 Å². The van der Waals surface area contributed by atoms with Crippen LogP contribution in [0.5, 0.6) is 0 Å². The number of hydrogen-bond donors (Lipinski definition) is 2. The number of benzene rings is 1. The first-order valence-electron chi connectivity index (χ1n) is 8.35. The van der Waals surface area contributed by atoms with Crippen molar-refractivity contribution in [2.45, 2.75) is 38.1 Å². The summed E-state index contributed by atoms with van der Waals surface area (Å²) in [7, 11) is 0. The molecular formula is C18H25ClN2O. The van der Waals surface area contributed by atoms with Crippen LogP contribution >= 0.6 is 12.4 Å². The maximum atomic E-state index is 12.7. The van der Waals surface area contributed by atoms with E-state index in [4.69, 9.17) is 0 Å². The van der Waals surface area contributed by atoms with Crippen LogP contribution in [0.4, 0.5) is 0 Å². The average molecular weight is 321 g/mol. The first kappa shape index (κ1) is 15.8. The van der Waals surface area contributed by atoms with Crippen LogP contribution in [0.2, 0.25) is 0 Å². The monoisotopic (exact) mass is 320 g/mol. The van der Waals surface area contributed by atoms with Crippen LogP contribution in [0.3, 0.4) is 0 Å². The summed E-state index contributed by atoms with van der Waals surface area (Å²) < 4.78 is 0. The molecule has 3 nitrogen and oxygen atoms in total. The SMILES string of the molecule is Cl.O=C(NC(c1ccccc1)C1CC1)C1CC12CCNCC2. The largest absolute Gasteiger partial charge is 0.349 e. The fourth-order valence-electron chi connectivity index (χ4n) is 4.01. The van der Waals surface area contributed by atoms with Crippen molar-refractivity contribution in [2.75, 3.05) is 13.1 Å². The predicted octanol–water partition coefficient (Wildman–Crippen LogP) is 3.07. The highest BCUT2D eigenvalue weighted by Crippen LogP contribution is 2.58. The third kappa shape index (κ3) is 3.02. The zero-order chi connectivity index (χ0) is 14.3. The van der Waals surface area contributed by atoms with Gasteiger partial charge in [0.15, 0.2) is 0 Å². The topological polar surface area (TPSA) is 41.1 Å². The van der Waals surface area contributed by atoms with Gasteiger partial charge in [0.1, 0.15) is 0 Å². The Hall–Kier alpha value is -1.06. The molecule has 2 N–H and O–H groups in total. The lowest BCUT2D eigenvalue weighted by Gasteiger charge is -2.24. The van der Waals surface area contributed by atoms with Crippen molar-refractivity contribution in [3.05, 3.63) is 35.9 Å². The molecule has 2 atom stereocenters. The molecule has 0 bridgehead atoms. The summed E-state index contributed by atoms with van der Waals surface area (Å²) >= 11 is 0. The molecule has 1 heterocycles. The van der Waals surface area contributed by atoms with E-state index in [1.54, 1.807) is 0 Å². The van der Waals surface area contributed by atoms with Crippen molar-refractivity contribution in [1.29, 1.82) is 0 Å². The van der Waals surface area contributed by atoms with Crippen LogP contribution in [0.25, 0.3) is 0 Å². The van der Waals surface area contributed by atoms with Gasteiger partial charge in [-0.3, -0.25) is 4.79 Å². The van der Waals surface area contributed by atoms with Crippen molar-refractivity contribution in [3.63, 3.8) is 0 Å². The number of rotatable bonds is 4. The average Bonchev–Trinajstić information content (AvgIpc) is 3.43. The highest BCUT2D eigenvalue weighted by atomic mass is 35.5. The number of nitrogens with one attached hydrogen (secondary N) is 2. The van der Waals surface area contributed by atoms with Crippen LogP contribution in [0.15, 0.2) is 30.3 Å². The first-order valence-corrected chi connectivity index (χ1v) is 8.35. The number of halogens is 1. The Balaban J connectivity index is 0.00000144. The normalized spacial score (nSPS) is 26.8. The van der Waals surface area contributed by atoms with Gasteiger partial charge in [-0.25, -0.2) is 0 Å². The van der Waals surface area contributed by atoms with Crippen molar-refractivity contribution in [1.82, 2.24) is 10.6 Å². The van der Waals surface area contributed by atoms with E-state index in [1.807, 2.05) is 6.07 Å². The zero-order valence-corrected chi connectivity index (χ0v) is 13.7. The summed E-state index contributed by atoms with van der Waals surface area (Å²) in [6.07, 6.45) is 5.95. The number of piperidine rings is 1. The Morgan fingerprint density at radius 1 is 1.18 bits per heavy atom. The number of hydrogen-bond acceptors (Lipinski definition) is 2. The molecule has 4 heteroatoms. The second-order valence-corrected chi connectivity index (χ2v) is 7.10. The summed E-state index contributed by atoms with van der Waals surface area (Å²) in [5.41, 5.74) is 1.61. The molecule has 1 aromatic rings. The van der Waals surface area contributed by atoms with Crippen molar-refractivity contribution in [3.8, 4) is 0 Å². The molecule has 2 unspecified atom stereocenters. The molecule has 3 aliphatic rings. The molecular weight excluding hydrogens is 296 g/mol.